The topological polar surface area (TPSA) is 9.34 Å². The monoisotopic (exact) mass is 558 g/mol. The van der Waals surface area contributed by atoms with E-state index in [2.05, 4.69) is 167 Å². The van der Waals surface area contributed by atoms with Gasteiger partial charge in [-0.1, -0.05) is 121 Å². The van der Waals surface area contributed by atoms with E-state index >= 15 is 0 Å². The Labute approximate surface area is 253 Å². The molecule has 0 spiro atoms. The summed E-state index contributed by atoms with van der Waals surface area (Å²) in [6.07, 6.45) is 2.25. The van der Waals surface area contributed by atoms with Gasteiger partial charge in [0.25, 0.3) is 0 Å². The molecule has 0 bridgehead atoms. The summed E-state index contributed by atoms with van der Waals surface area (Å²) in [5, 5.41) is 11.5. The molecule has 0 unspecified atom stereocenters. The Morgan fingerprint density at radius 3 is 1.59 bits per heavy atom. The molecular weight excluding hydrogens is 532 g/mol. The number of hydrogen-bond donors (Lipinski definition) is 0. The highest BCUT2D eigenvalue weighted by molar-refractivity contribution is 6.26. The molecule has 3 heterocycles. The maximum Gasteiger partial charge on any atom is 0.0790 e. The van der Waals surface area contributed by atoms with Crippen molar-refractivity contribution in [3.8, 4) is 16.8 Å². The van der Waals surface area contributed by atoms with Gasteiger partial charge in [0, 0.05) is 33.6 Å². The minimum absolute atomic E-state index is 1.17. The van der Waals surface area contributed by atoms with Gasteiger partial charge in [0.05, 0.1) is 22.1 Å². The molecule has 10 aromatic rings. The number of fused-ring (bicyclic) bond motifs is 13. The van der Waals surface area contributed by atoms with E-state index in [-0.39, 0.29) is 0 Å². The molecule has 0 radical (unpaired) electrons. The second kappa shape index (κ2) is 8.82. The number of rotatable bonds is 2. The van der Waals surface area contributed by atoms with Crippen molar-refractivity contribution in [2.75, 3.05) is 0 Å². The maximum absolute atomic E-state index is 2.49. The van der Waals surface area contributed by atoms with Gasteiger partial charge in [-0.3, -0.25) is 0 Å². The summed E-state index contributed by atoms with van der Waals surface area (Å²) in [6, 6.07) is 55.5. The average molecular weight is 559 g/mol. The van der Waals surface area contributed by atoms with Crippen molar-refractivity contribution < 1.29 is 0 Å². The van der Waals surface area contributed by atoms with E-state index in [9.17, 15) is 0 Å². The van der Waals surface area contributed by atoms with Crippen molar-refractivity contribution in [2.45, 2.75) is 0 Å². The second-order valence-corrected chi connectivity index (χ2v) is 11.7. The van der Waals surface area contributed by atoms with E-state index in [4.69, 9.17) is 0 Å². The van der Waals surface area contributed by atoms with Gasteiger partial charge in [-0.25, -0.2) is 0 Å². The zero-order valence-electron chi connectivity index (χ0n) is 23.9. The van der Waals surface area contributed by atoms with Crippen LogP contribution < -0.4 is 0 Å². The van der Waals surface area contributed by atoms with Crippen LogP contribution in [0.4, 0.5) is 0 Å². The Bertz CT molecular complexity index is 2730. The summed E-state index contributed by atoms with van der Waals surface area (Å²) >= 11 is 0. The van der Waals surface area contributed by atoms with Crippen LogP contribution in [0.3, 0.4) is 0 Å². The first-order valence-corrected chi connectivity index (χ1v) is 15.2. The van der Waals surface area contributed by atoms with Crippen LogP contribution in [-0.4, -0.2) is 8.97 Å². The molecule has 0 atom stereocenters. The Balaban J connectivity index is 1.42. The van der Waals surface area contributed by atoms with Crippen molar-refractivity contribution >= 4 is 70.5 Å². The Hall–Kier alpha value is -5.86. The molecule has 44 heavy (non-hydrogen) atoms. The summed E-state index contributed by atoms with van der Waals surface area (Å²) in [6.45, 7) is 0. The Morgan fingerprint density at radius 1 is 0.341 bits per heavy atom. The van der Waals surface area contributed by atoms with Crippen molar-refractivity contribution in [3.05, 3.63) is 158 Å². The molecule has 2 nitrogen and oxygen atoms in total. The number of aromatic nitrogens is 2. The minimum atomic E-state index is 1.17. The lowest BCUT2D eigenvalue weighted by Crippen LogP contribution is -1.97. The molecule has 3 aromatic heterocycles. The van der Waals surface area contributed by atoms with Gasteiger partial charge >= 0.3 is 0 Å². The molecule has 204 valence electrons. The summed E-state index contributed by atoms with van der Waals surface area (Å²) in [7, 11) is 0. The normalized spacial score (nSPS) is 12.1. The van der Waals surface area contributed by atoms with Crippen LogP contribution in [0.2, 0.25) is 0 Å². The van der Waals surface area contributed by atoms with Crippen LogP contribution in [0.1, 0.15) is 0 Å². The van der Waals surface area contributed by atoms with E-state index in [1.165, 1.54) is 87.4 Å². The molecule has 2 heteroatoms. The van der Waals surface area contributed by atoms with Gasteiger partial charge in [0.1, 0.15) is 0 Å². The molecule has 0 aliphatic rings. The third kappa shape index (κ3) is 3.09. The fourth-order valence-electron chi connectivity index (χ4n) is 7.67. The third-order valence-corrected chi connectivity index (χ3v) is 9.49. The molecule has 0 aliphatic heterocycles. The van der Waals surface area contributed by atoms with Crippen molar-refractivity contribution in [1.82, 2.24) is 8.97 Å². The lowest BCUT2D eigenvalue weighted by Gasteiger charge is -2.14. The fourth-order valence-corrected chi connectivity index (χ4v) is 7.67. The van der Waals surface area contributed by atoms with E-state index in [1.807, 2.05) is 0 Å². The van der Waals surface area contributed by atoms with Crippen molar-refractivity contribution in [3.63, 3.8) is 0 Å². The van der Waals surface area contributed by atoms with E-state index < -0.39 is 0 Å². The van der Waals surface area contributed by atoms with Crippen LogP contribution in [-0.2, 0) is 0 Å². The molecule has 0 aliphatic carbocycles. The fraction of sp³-hybridized carbons (Fsp3) is 0. The molecule has 0 saturated carbocycles. The van der Waals surface area contributed by atoms with Gasteiger partial charge in [-0.15, -0.1) is 0 Å². The highest BCUT2D eigenvalue weighted by Gasteiger charge is 2.22. The zero-order chi connectivity index (χ0) is 28.8. The molecule has 7 aromatic carbocycles. The number of benzene rings is 7. The van der Waals surface area contributed by atoms with Gasteiger partial charge in [-0.2, -0.15) is 0 Å². The summed E-state index contributed by atoms with van der Waals surface area (Å²) in [4.78, 5) is 0. The van der Waals surface area contributed by atoms with E-state index in [0.29, 0.717) is 0 Å². The first-order chi connectivity index (χ1) is 21.9. The number of nitrogens with zero attached hydrogens (tertiary/aromatic N) is 2. The van der Waals surface area contributed by atoms with Gasteiger partial charge in [0.15, 0.2) is 0 Å². The van der Waals surface area contributed by atoms with Crippen LogP contribution in [0.5, 0.6) is 0 Å². The summed E-state index contributed by atoms with van der Waals surface area (Å²) < 4.78 is 4.88. The first kappa shape index (κ1) is 23.7. The molecule has 10 rings (SSSR count). The van der Waals surface area contributed by atoms with Crippen molar-refractivity contribution in [1.29, 1.82) is 0 Å². The average Bonchev–Trinajstić information content (AvgIpc) is 3.62. The smallest absolute Gasteiger partial charge is 0.0790 e. The van der Waals surface area contributed by atoms with Gasteiger partial charge in [0.2, 0.25) is 0 Å². The van der Waals surface area contributed by atoms with Gasteiger partial charge in [-0.05, 0) is 68.2 Å². The second-order valence-electron chi connectivity index (χ2n) is 11.7. The Morgan fingerprint density at radius 2 is 0.886 bits per heavy atom. The quantitative estimate of drug-likeness (QED) is 0.187. The summed E-state index contributed by atoms with van der Waals surface area (Å²) in [5.41, 5.74) is 8.56. The summed E-state index contributed by atoms with van der Waals surface area (Å²) in [5.74, 6) is 0. The zero-order valence-corrected chi connectivity index (χ0v) is 23.9. The molecule has 0 saturated heterocycles. The van der Waals surface area contributed by atoms with Crippen LogP contribution >= 0.6 is 0 Å². The van der Waals surface area contributed by atoms with E-state index in [1.54, 1.807) is 0 Å². The number of para-hydroxylation sites is 2. The van der Waals surface area contributed by atoms with Crippen LogP contribution in [0, 0.1) is 0 Å². The lowest BCUT2D eigenvalue weighted by atomic mass is 9.94. The molecule has 0 amide bonds. The largest absolute Gasteiger partial charge is 0.314 e. The third-order valence-electron chi connectivity index (χ3n) is 9.49. The standard InChI is InChI=1S/C42H26N2/c1-2-12-27(13-3-1)40-36-19-9-10-20-38(36)43-25-24-35-34-18-8-11-21-39(34)44(41(35)42(40)43)28-22-23-33-31-16-5-4-14-29(31)30-15-6-7-17-32(30)37(33)26-28/h1-26H. The molecule has 0 fully saturated rings. The molecular formula is C42H26N2. The first-order valence-electron chi connectivity index (χ1n) is 15.2. The SMILES string of the molecule is c1ccc(-c2c3ccccc3n3ccc4c5ccccc5n(-c5ccc6c7ccccc7c7ccccc7c6c5)c4c23)cc1. The predicted molar refractivity (Wildman–Crippen MR) is 187 cm³/mol. The predicted octanol–water partition coefficient (Wildman–Crippen LogP) is 11.3. The maximum atomic E-state index is 2.49. The van der Waals surface area contributed by atoms with Crippen LogP contribution in [0.25, 0.3) is 87.4 Å². The van der Waals surface area contributed by atoms with Crippen molar-refractivity contribution in [2.24, 2.45) is 0 Å². The molecule has 0 N–H and O–H groups in total. The van der Waals surface area contributed by atoms with Gasteiger partial charge < -0.3 is 8.97 Å². The Kier molecular flexibility index (Phi) is 4.75. The number of hydrogen-bond acceptors (Lipinski definition) is 0. The highest BCUT2D eigenvalue weighted by Crippen LogP contribution is 2.43. The lowest BCUT2D eigenvalue weighted by molar-refractivity contribution is 1.17. The minimum Gasteiger partial charge on any atom is -0.314 e. The van der Waals surface area contributed by atoms with E-state index in [0.717, 1.165) is 0 Å². The number of pyridine rings is 1. The highest BCUT2D eigenvalue weighted by atomic mass is 15.0. The van der Waals surface area contributed by atoms with Crippen LogP contribution in [0.15, 0.2) is 158 Å².